The summed E-state index contributed by atoms with van der Waals surface area (Å²) in [4.78, 5) is 22.7. The van der Waals surface area contributed by atoms with Gasteiger partial charge in [0, 0.05) is 31.0 Å². The molecule has 0 aliphatic rings. The Kier molecular flexibility index (Phi) is 3.39. The monoisotopic (exact) mass is 255 g/mol. The second-order valence-corrected chi connectivity index (χ2v) is 4.17. The molecule has 0 aliphatic heterocycles. The topological polar surface area (TPSA) is 48.3 Å². The van der Waals surface area contributed by atoms with Gasteiger partial charge in [-0.15, -0.1) is 6.42 Å². The molecule has 0 aliphatic carbocycles. The molecule has 0 N–H and O–H groups in total. The Hall–Kier alpha value is -2.54. The van der Waals surface area contributed by atoms with Crippen LogP contribution in [0.15, 0.2) is 35.1 Å². The van der Waals surface area contributed by atoms with Gasteiger partial charge in [0.15, 0.2) is 6.10 Å². The van der Waals surface area contributed by atoms with Crippen molar-refractivity contribution in [2.45, 2.75) is 13.0 Å². The van der Waals surface area contributed by atoms with Crippen LogP contribution in [-0.2, 0) is 16.6 Å². The van der Waals surface area contributed by atoms with Gasteiger partial charge in [0.1, 0.15) is 0 Å². The molecule has 0 fully saturated rings. The summed E-state index contributed by atoms with van der Waals surface area (Å²) in [5.41, 5.74) is 1.34. The number of hydrogen-bond acceptors (Lipinski definition) is 3. The summed E-state index contributed by atoms with van der Waals surface area (Å²) in [6, 6.07) is 8.56. The Morgan fingerprint density at radius 2 is 2.11 bits per heavy atom. The lowest BCUT2D eigenvalue weighted by Crippen LogP contribution is -2.16. The first-order chi connectivity index (χ1) is 9.04. The molecule has 1 aromatic heterocycles. The van der Waals surface area contributed by atoms with Crippen molar-refractivity contribution in [2.24, 2.45) is 7.05 Å². The predicted molar refractivity (Wildman–Crippen MR) is 72.5 cm³/mol. The van der Waals surface area contributed by atoms with E-state index >= 15 is 0 Å². The quantitative estimate of drug-likeness (QED) is 0.607. The van der Waals surface area contributed by atoms with Crippen molar-refractivity contribution < 1.29 is 9.53 Å². The number of pyridine rings is 1. The highest BCUT2D eigenvalue weighted by Crippen LogP contribution is 2.25. The Morgan fingerprint density at radius 3 is 2.74 bits per heavy atom. The Labute approximate surface area is 110 Å². The number of carbonyl (C=O) groups excluding carboxylic acids is 1. The van der Waals surface area contributed by atoms with Gasteiger partial charge in [0.25, 0.3) is 5.56 Å². The zero-order valence-corrected chi connectivity index (χ0v) is 10.7. The third kappa shape index (κ3) is 2.36. The molecule has 2 aromatic rings. The van der Waals surface area contributed by atoms with Gasteiger partial charge in [0.05, 0.1) is 5.52 Å². The van der Waals surface area contributed by atoms with Crippen molar-refractivity contribution in [3.05, 3.63) is 46.2 Å². The lowest BCUT2D eigenvalue weighted by molar-refractivity contribution is -0.143. The van der Waals surface area contributed by atoms with Crippen molar-refractivity contribution in [3.8, 4) is 12.3 Å². The second kappa shape index (κ2) is 4.99. The molecule has 0 amide bonds. The molecule has 0 saturated heterocycles. The molecule has 1 unspecified atom stereocenters. The predicted octanol–water partition coefficient (Wildman–Crippen LogP) is 1.78. The maximum atomic E-state index is 11.6. The van der Waals surface area contributed by atoms with Gasteiger partial charge in [0.2, 0.25) is 0 Å². The number of fused-ring (bicyclic) bond motifs is 1. The van der Waals surface area contributed by atoms with Crippen LogP contribution >= 0.6 is 0 Å². The van der Waals surface area contributed by atoms with Gasteiger partial charge in [-0.25, -0.2) is 0 Å². The van der Waals surface area contributed by atoms with Crippen molar-refractivity contribution in [1.29, 1.82) is 0 Å². The SMILES string of the molecule is C#CC(OC(C)=O)c1cccc2c1ccc(=O)n2C. The van der Waals surface area contributed by atoms with Gasteiger partial charge in [-0.05, 0) is 12.1 Å². The minimum absolute atomic E-state index is 0.102. The molecule has 1 atom stereocenters. The molecule has 1 aromatic carbocycles. The van der Waals surface area contributed by atoms with E-state index in [1.165, 1.54) is 17.6 Å². The Bertz CT molecular complexity index is 737. The van der Waals surface area contributed by atoms with E-state index in [0.29, 0.717) is 5.56 Å². The van der Waals surface area contributed by atoms with Crippen LogP contribution in [0.3, 0.4) is 0 Å². The third-order valence-corrected chi connectivity index (χ3v) is 2.92. The molecular formula is C15H13NO3. The third-order valence-electron chi connectivity index (χ3n) is 2.92. The van der Waals surface area contributed by atoms with Crippen LogP contribution in [0.1, 0.15) is 18.6 Å². The maximum absolute atomic E-state index is 11.6. The number of hydrogen-bond donors (Lipinski definition) is 0. The number of aromatic nitrogens is 1. The van der Waals surface area contributed by atoms with Crippen LogP contribution in [-0.4, -0.2) is 10.5 Å². The summed E-state index contributed by atoms with van der Waals surface area (Å²) in [5, 5.41) is 0.800. The molecule has 96 valence electrons. The van der Waals surface area contributed by atoms with E-state index in [2.05, 4.69) is 5.92 Å². The molecule has 19 heavy (non-hydrogen) atoms. The van der Waals surface area contributed by atoms with Gasteiger partial charge >= 0.3 is 5.97 Å². The average Bonchev–Trinajstić information content (AvgIpc) is 2.39. The zero-order chi connectivity index (χ0) is 14.0. The van der Waals surface area contributed by atoms with Gasteiger partial charge in [-0.1, -0.05) is 18.1 Å². The molecule has 4 nitrogen and oxygen atoms in total. The fourth-order valence-electron chi connectivity index (χ4n) is 2.01. The van der Waals surface area contributed by atoms with Crippen LogP contribution in [0.5, 0.6) is 0 Å². The highest BCUT2D eigenvalue weighted by molar-refractivity contribution is 5.83. The van der Waals surface area contributed by atoms with E-state index in [1.807, 2.05) is 6.07 Å². The number of rotatable bonds is 2. The summed E-state index contributed by atoms with van der Waals surface area (Å²) >= 11 is 0. The molecular weight excluding hydrogens is 242 g/mol. The highest BCUT2D eigenvalue weighted by Gasteiger charge is 2.15. The molecule has 0 bridgehead atoms. The van der Waals surface area contributed by atoms with Gasteiger partial charge in [-0.2, -0.15) is 0 Å². The van der Waals surface area contributed by atoms with E-state index in [1.54, 1.807) is 25.2 Å². The Morgan fingerprint density at radius 1 is 1.37 bits per heavy atom. The first-order valence-electron chi connectivity index (χ1n) is 5.76. The number of aryl methyl sites for hydroxylation is 1. The molecule has 1 heterocycles. The largest absolute Gasteiger partial charge is 0.444 e. The first-order valence-corrected chi connectivity index (χ1v) is 5.76. The van der Waals surface area contributed by atoms with Crippen LogP contribution in [0.2, 0.25) is 0 Å². The molecule has 0 spiro atoms. The second-order valence-electron chi connectivity index (χ2n) is 4.17. The molecule has 4 heteroatoms. The van der Waals surface area contributed by atoms with Crippen molar-refractivity contribution >= 4 is 16.9 Å². The van der Waals surface area contributed by atoms with E-state index in [4.69, 9.17) is 11.2 Å². The lowest BCUT2D eigenvalue weighted by Gasteiger charge is -2.15. The average molecular weight is 255 g/mol. The van der Waals surface area contributed by atoms with E-state index in [0.717, 1.165) is 10.9 Å². The van der Waals surface area contributed by atoms with Crippen LogP contribution < -0.4 is 5.56 Å². The molecule has 0 saturated carbocycles. The standard InChI is InChI=1S/C15H13NO3/c1-4-14(19-10(2)17)12-6-5-7-13-11(12)8-9-15(18)16(13)3/h1,5-9,14H,2-3H3. The molecule has 0 radical (unpaired) electrons. The number of carbonyl (C=O) groups is 1. The summed E-state index contributed by atoms with van der Waals surface area (Å²) in [5.74, 6) is 2.01. The minimum Gasteiger partial charge on any atom is -0.444 e. The fraction of sp³-hybridized carbons (Fsp3) is 0.200. The summed E-state index contributed by atoms with van der Waals surface area (Å²) in [7, 11) is 1.69. The number of ether oxygens (including phenoxy) is 1. The van der Waals surface area contributed by atoms with E-state index in [-0.39, 0.29) is 5.56 Å². The van der Waals surface area contributed by atoms with E-state index in [9.17, 15) is 9.59 Å². The number of terminal acetylenes is 1. The number of nitrogens with zero attached hydrogens (tertiary/aromatic N) is 1. The van der Waals surface area contributed by atoms with Crippen LogP contribution in [0.4, 0.5) is 0 Å². The number of benzene rings is 1. The fourth-order valence-corrected chi connectivity index (χ4v) is 2.01. The summed E-state index contributed by atoms with van der Waals surface area (Å²) < 4.78 is 6.63. The van der Waals surface area contributed by atoms with Crippen LogP contribution in [0, 0.1) is 12.3 Å². The summed E-state index contributed by atoms with van der Waals surface area (Å²) in [6.45, 7) is 1.31. The van der Waals surface area contributed by atoms with Crippen molar-refractivity contribution in [1.82, 2.24) is 4.57 Å². The maximum Gasteiger partial charge on any atom is 0.304 e. The van der Waals surface area contributed by atoms with Crippen molar-refractivity contribution in [3.63, 3.8) is 0 Å². The normalized spacial score (nSPS) is 11.8. The summed E-state index contributed by atoms with van der Waals surface area (Å²) in [6.07, 6.45) is 4.67. The van der Waals surface area contributed by atoms with E-state index < -0.39 is 12.1 Å². The lowest BCUT2D eigenvalue weighted by atomic mass is 10.0. The van der Waals surface area contributed by atoms with Crippen molar-refractivity contribution in [2.75, 3.05) is 0 Å². The smallest absolute Gasteiger partial charge is 0.304 e. The molecule has 2 rings (SSSR count). The van der Waals surface area contributed by atoms with Crippen LogP contribution in [0.25, 0.3) is 10.9 Å². The minimum atomic E-state index is -0.751. The van der Waals surface area contributed by atoms with Gasteiger partial charge in [-0.3, -0.25) is 9.59 Å². The Balaban J connectivity index is 2.68. The number of esters is 1. The highest BCUT2D eigenvalue weighted by atomic mass is 16.5. The van der Waals surface area contributed by atoms with Gasteiger partial charge < -0.3 is 9.30 Å². The zero-order valence-electron chi connectivity index (χ0n) is 10.7. The first kappa shape index (κ1) is 12.9.